The molecule has 0 aliphatic rings. The molecule has 0 aliphatic heterocycles. The molecule has 0 saturated heterocycles. The first-order valence-electron chi connectivity index (χ1n) is 17.4. The van der Waals surface area contributed by atoms with Crippen LogP contribution in [0.4, 0.5) is 0 Å². The Hall–Kier alpha value is -6.64. The Morgan fingerprint density at radius 3 is 1.96 bits per heavy atom. The first-order valence-corrected chi connectivity index (χ1v) is 17.4. The van der Waals surface area contributed by atoms with Crippen molar-refractivity contribution in [2.75, 3.05) is 0 Å². The van der Waals surface area contributed by atoms with E-state index in [4.69, 9.17) is 8.83 Å². The minimum atomic E-state index is 0.894. The monoisotopic (exact) mass is 652 g/mol. The van der Waals surface area contributed by atoms with Crippen LogP contribution in [-0.4, -0.2) is 0 Å². The molecule has 0 unspecified atom stereocenters. The van der Waals surface area contributed by atoms with Gasteiger partial charge >= 0.3 is 0 Å². The number of allylic oxidation sites excluding steroid dienone is 2. The summed E-state index contributed by atoms with van der Waals surface area (Å²) in [5.74, 6) is 0. The Morgan fingerprint density at radius 2 is 1.12 bits per heavy atom. The predicted octanol–water partition coefficient (Wildman–Crippen LogP) is 14.3. The molecule has 0 N–H and O–H groups in total. The molecule has 0 spiro atoms. The van der Waals surface area contributed by atoms with Gasteiger partial charge < -0.3 is 8.83 Å². The third-order valence-corrected chi connectivity index (χ3v) is 10.4. The lowest BCUT2D eigenvalue weighted by Gasteiger charge is -2.20. The number of rotatable bonds is 5. The van der Waals surface area contributed by atoms with E-state index in [1.54, 1.807) is 0 Å². The second-order valence-corrected chi connectivity index (χ2v) is 13.3. The summed E-state index contributed by atoms with van der Waals surface area (Å²) in [7, 11) is 0. The lowest BCUT2D eigenvalue weighted by Crippen LogP contribution is -1.96. The number of benzene rings is 8. The molecule has 0 aliphatic carbocycles. The van der Waals surface area contributed by atoms with Crippen molar-refractivity contribution in [2.24, 2.45) is 0 Å². The molecule has 10 aromatic rings. The van der Waals surface area contributed by atoms with E-state index in [1.807, 2.05) is 24.3 Å². The Labute approximate surface area is 295 Å². The largest absolute Gasteiger partial charge is 0.456 e. The SMILES string of the molecule is C=C/C=C\c1c(C)c(-c2ccc3oc4ccccc4c3c2)c2ccccc2c1-c1cccc(-c2cccc3oc4cc5ccccc5cc4c23)c1. The van der Waals surface area contributed by atoms with Gasteiger partial charge in [-0.2, -0.15) is 0 Å². The minimum Gasteiger partial charge on any atom is -0.456 e. The fourth-order valence-electron chi connectivity index (χ4n) is 8.12. The molecule has 2 heteroatoms. The summed E-state index contributed by atoms with van der Waals surface area (Å²) in [5, 5.41) is 9.33. The minimum absolute atomic E-state index is 0.894. The molecule has 0 atom stereocenters. The van der Waals surface area contributed by atoms with E-state index >= 15 is 0 Å². The average molecular weight is 653 g/mol. The summed E-state index contributed by atoms with van der Waals surface area (Å²) in [6.07, 6.45) is 6.11. The lowest BCUT2D eigenvalue weighted by atomic mass is 9.83. The molecule has 0 fully saturated rings. The predicted molar refractivity (Wildman–Crippen MR) is 216 cm³/mol. The lowest BCUT2D eigenvalue weighted by molar-refractivity contribution is 0.669. The Morgan fingerprint density at radius 1 is 0.471 bits per heavy atom. The van der Waals surface area contributed by atoms with Gasteiger partial charge in [-0.15, -0.1) is 0 Å². The van der Waals surface area contributed by atoms with Gasteiger partial charge in [0.15, 0.2) is 0 Å². The quantitative estimate of drug-likeness (QED) is 0.173. The highest BCUT2D eigenvalue weighted by molar-refractivity contribution is 6.16. The number of furan rings is 2. The molecular formula is C49H32O2. The van der Waals surface area contributed by atoms with E-state index < -0.39 is 0 Å². The number of hydrogen-bond acceptors (Lipinski definition) is 2. The molecular weight excluding hydrogens is 621 g/mol. The molecule has 51 heavy (non-hydrogen) atoms. The number of hydrogen-bond donors (Lipinski definition) is 0. The highest BCUT2D eigenvalue weighted by Gasteiger charge is 2.20. The zero-order valence-electron chi connectivity index (χ0n) is 28.1. The summed E-state index contributed by atoms with van der Waals surface area (Å²) in [6, 6.07) is 51.9. The van der Waals surface area contributed by atoms with E-state index in [0.29, 0.717) is 0 Å². The Balaban J connectivity index is 1.21. The fraction of sp³-hybridized carbons (Fsp3) is 0.0204. The first kappa shape index (κ1) is 29.3. The van der Waals surface area contributed by atoms with Crippen molar-refractivity contribution in [1.82, 2.24) is 0 Å². The van der Waals surface area contributed by atoms with Crippen LogP contribution in [0.15, 0.2) is 173 Å². The van der Waals surface area contributed by atoms with Gasteiger partial charge in [0, 0.05) is 21.5 Å². The highest BCUT2D eigenvalue weighted by Crippen LogP contribution is 2.45. The number of para-hydroxylation sites is 1. The molecule has 0 amide bonds. The molecule has 2 heterocycles. The van der Waals surface area contributed by atoms with E-state index in [1.165, 1.54) is 49.4 Å². The van der Waals surface area contributed by atoms with Crippen LogP contribution in [0.25, 0.3) is 105 Å². The van der Waals surface area contributed by atoms with Crippen LogP contribution in [0.2, 0.25) is 0 Å². The third-order valence-electron chi connectivity index (χ3n) is 10.4. The van der Waals surface area contributed by atoms with E-state index in [2.05, 4.69) is 153 Å². The maximum absolute atomic E-state index is 6.45. The maximum atomic E-state index is 6.45. The molecule has 2 aromatic heterocycles. The Bertz CT molecular complexity index is 3060. The smallest absolute Gasteiger partial charge is 0.136 e. The normalized spacial score (nSPS) is 12.0. The highest BCUT2D eigenvalue weighted by atomic mass is 16.3. The van der Waals surface area contributed by atoms with E-state index in [0.717, 1.165) is 60.6 Å². The van der Waals surface area contributed by atoms with Gasteiger partial charge in [0.25, 0.3) is 0 Å². The van der Waals surface area contributed by atoms with Crippen molar-refractivity contribution in [3.05, 3.63) is 175 Å². The van der Waals surface area contributed by atoms with Crippen molar-refractivity contribution < 1.29 is 8.83 Å². The summed E-state index contributed by atoms with van der Waals surface area (Å²) < 4.78 is 12.6. The fourth-order valence-corrected chi connectivity index (χ4v) is 8.12. The van der Waals surface area contributed by atoms with Crippen LogP contribution < -0.4 is 0 Å². The summed E-state index contributed by atoms with van der Waals surface area (Å²) >= 11 is 0. The average Bonchev–Trinajstić information content (AvgIpc) is 3.73. The van der Waals surface area contributed by atoms with Gasteiger partial charge in [0.1, 0.15) is 22.3 Å². The van der Waals surface area contributed by atoms with Crippen molar-refractivity contribution in [2.45, 2.75) is 6.92 Å². The van der Waals surface area contributed by atoms with Crippen molar-refractivity contribution in [3.63, 3.8) is 0 Å². The summed E-state index contributed by atoms with van der Waals surface area (Å²) in [6.45, 7) is 6.27. The van der Waals surface area contributed by atoms with Crippen LogP contribution in [0.1, 0.15) is 11.1 Å². The molecule has 0 saturated carbocycles. The topological polar surface area (TPSA) is 26.3 Å². The van der Waals surface area contributed by atoms with Crippen molar-refractivity contribution in [1.29, 1.82) is 0 Å². The molecule has 10 rings (SSSR count). The molecule has 0 bridgehead atoms. The van der Waals surface area contributed by atoms with Crippen molar-refractivity contribution >= 4 is 71.5 Å². The van der Waals surface area contributed by atoms with Crippen LogP contribution in [-0.2, 0) is 0 Å². The second kappa shape index (κ2) is 11.5. The van der Waals surface area contributed by atoms with Gasteiger partial charge in [0.05, 0.1) is 0 Å². The van der Waals surface area contributed by atoms with Gasteiger partial charge in [-0.3, -0.25) is 0 Å². The van der Waals surface area contributed by atoms with Gasteiger partial charge in [-0.1, -0.05) is 128 Å². The zero-order chi connectivity index (χ0) is 34.1. The van der Waals surface area contributed by atoms with Gasteiger partial charge in [-0.05, 0) is 115 Å². The second-order valence-electron chi connectivity index (χ2n) is 13.3. The molecule has 240 valence electrons. The van der Waals surface area contributed by atoms with Gasteiger partial charge in [0.2, 0.25) is 0 Å². The first-order chi connectivity index (χ1) is 25.2. The standard InChI is InChI=1S/C49H32O2/c1-3-4-17-36-30(2)47(35-24-25-44-41(28-35)38-18-9-10-22-43(38)50-44)39-19-7-8-20-40(39)48(36)34-16-11-15-33(26-34)37-21-12-23-45-49(37)42-27-31-13-5-6-14-32(31)29-46(42)51-45/h3-29H,1H2,2H3/b17-4-. The zero-order valence-corrected chi connectivity index (χ0v) is 28.1. The summed E-state index contributed by atoms with van der Waals surface area (Å²) in [4.78, 5) is 0. The van der Waals surface area contributed by atoms with Gasteiger partial charge in [-0.25, -0.2) is 0 Å². The van der Waals surface area contributed by atoms with Crippen molar-refractivity contribution in [3.8, 4) is 33.4 Å². The maximum Gasteiger partial charge on any atom is 0.136 e. The molecule has 2 nitrogen and oxygen atoms in total. The van der Waals surface area contributed by atoms with Crippen LogP contribution in [0.5, 0.6) is 0 Å². The third kappa shape index (κ3) is 4.57. The van der Waals surface area contributed by atoms with E-state index in [-0.39, 0.29) is 0 Å². The van der Waals surface area contributed by atoms with Crippen LogP contribution >= 0.6 is 0 Å². The van der Waals surface area contributed by atoms with Crippen LogP contribution in [0.3, 0.4) is 0 Å². The van der Waals surface area contributed by atoms with E-state index in [9.17, 15) is 0 Å². The summed E-state index contributed by atoms with van der Waals surface area (Å²) in [5.41, 5.74) is 13.1. The molecule has 0 radical (unpaired) electrons. The Kier molecular flexibility index (Phi) is 6.59. The molecule has 8 aromatic carbocycles. The number of fused-ring (bicyclic) bond motifs is 8. The van der Waals surface area contributed by atoms with Crippen LogP contribution in [0, 0.1) is 6.92 Å².